The molecule has 1 fully saturated rings. The van der Waals surface area contributed by atoms with Gasteiger partial charge in [0, 0.05) is 13.1 Å². The highest BCUT2D eigenvalue weighted by Crippen LogP contribution is 2.63. The van der Waals surface area contributed by atoms with E-state index in [0.717, 1.165) is 17.0 Å². The topological polar surface area (TPSA) is 20.3 Å². The highest BCUT2D eigenvalue weighted by molar-refractivity contribution is 5.87. The Morgan fingerprint density at radius 1 is 1.27 bits per heavy atom. The van der Waals surface area contributed by atoms with Gasteiger partial charge in [-0.2, -0.15) is 13.2 Å². The molecule has 0 bridgehead atoms. The molecule has 7 heteroatoms. The van der Waals surface area contributed by atoms with Gasteiger partial charge in [0.05, 0.1) is 6.04 Å². The zero-order valence-corrected chi connectivity index (χ0v) is 12.3. The molecule has 22 heavy (non-hydrogen) atoms. The molecule has 3 atom stereocenters. The van der Waals surface area contributed by atoms with Crippen molar-refractivity contribution in [3.05, 3.63) is 35.4 Å². The van der Waals surface area contributed by atoms with Crippen LogP contribution in [0.25, 0.3) is 0 Å². The lowest BCUT2D eigenvalue weighted by Crippen LogP contribution is -2.44. The summed E-state index contributed by atoms with van der Waals surface area (Å²) in [6.45, 7) is 2.80. The number of hydrogen-bond donors (Lipinski definition) is 0. The van der Waals surface area contributed by atoms with Crippen LogP contribution in [0.5, 0.6) is 0 Å². The minimum atomic E-state index is -4.63. The molecule has 2 nitrogen and oxygen atoms in total. The smallest absolute Gasteiger partial charge is 0.338 e. The van der Waals surface area contributed by atoms with E-state index in [1.54, 1.807) is 0 Å². The van der Waals surface area contributed by atoms with Crippen molar-refractivity contribution in [2.75, 3.05) is 7.05 Å². The summed E-state index contributed by atoms with van der Waals surface area (Å²) in [5, 5.41) is 0. The van der Waals surface area contributed by atoms with E-state index in [2.05, 4.69) is 0 Å². The molecule has 122 valence electrons. The second kappa shape index (κ2) is 5.21. The number of halogens is 5. The minimum Gasteiger partial charge on any atom is -0.338 e. The maximum Gasteiger partial charge on any atom is 0.403 e. The van der Waals surface area contributed by atoms with Crippen molar-refractivity contribution in [3.63, 3.8) is 0 Å². The fourth-order valence-corrected chi connectivity index (χ4v) is 2.77. The van der Waals surface area contributed by atoms with Crippen molar-refractivity contribution < 1.29 is 26.7 Å². The van der Waals surface area contributed by atoms with Gasteiger partial charge in [0.15, 0.2) is 0 Å². The van der Waals surface area contributed by atoms with E-state index in [4.69, 9.17) is 0 Å². The van der Waals surface area contributed by atoms with E-state index in [1.807, 2.05) is 0 Å². The first-order chi connectivity index (χ1) is 10.0. The predicted molar refractivity (Wildman–Crippen MR) is 69.8 cm³/mol. The summed E-state index contributed by atoms with van der Waals surface area (Å²) in [6, 6.07) is 1.81. The molecule has 2 unspecified atom stereocenters. The average Bonchev–Trinajstić information content (AvgIpc) is 3.07. The number of rotatable bonds is 3. The summed E-state index contributed by atoms with van der Waals surface area (Å²) in [5.74, 6) is -3.54. The van der Waals surface area contributed by atoms with Gasteiger partial charge in [-0.1, -0.05) is 6.92 Å². The van der Waals surface area contributed by atoms with Gasteiger partial charge in [-0.15, -0.1) is 0 Å². The molecule has 0 aliphatic heterocycles. The standard InChI is InChI=1S/C15H16F5NO/c1-8-7-14(8,15(18,19)20)13(22)21(3)9(2)10-4-11(16)6-12(17)5-10/h4-6,8-9H,7H2,1-3H3/t8?,9-,14?/m1/s1. The number of amides is 1. The minimum absolute atomic E-state index is 0.110. The van der Waals surface area contributed by atoms with Crippen LogP contribution in [-0.4, -0.2) is 24.0 Å². The second-order valence-corrected chi connectivity index (χ2v) is 5.87. The van der Waals surface area contributed by atoms with Crippen molar-refractivity contribution in [1.82, 2.24) is 4.90 Å². The molecule has 1 aromatic carbocycles. The number of carbonyl (C=O) groups is 1. The van der Waals surface area contributed by atoms with Crippen LogP contribution in [0.3, 0.4) is 0 Å². The highest BCUT2D eigenvalue weighted by Gasteiger charge is 2.74. The number of alkyl halides is 3. The van der Waals surface area contributed by atoms with Crippen molar-refractivity contribution in [2.45, 2.75) is 32.5 Å². The lowest BCUT2D eigenvalue weighted by Gasteiger charge is -2.31. The zero-order valence-electron chi connectivity index (χ0n) is 12.3. The van der Waals surface area contributed by atoms with E-state index in [1.165, 1.54) is 20.9 Å². The van der Waals surface area contributed by atoms with Gasteiger partial charge in [0.1, 0.15) is 17.0 Å². The van der Waals surface area contributed by atoms with E-state index in [0.29, 0.717) is 6.07 Å². The van der Waals surface area contributed by atoms with Crippen LogP contribution >= 0.6 is 0 Å². The highest BCUT2D eigenvalue weighted by atomic mass is 19.4. The van der Waals surface area contributed by atoms with E-state index < -0.39 is 41.1 Å². The Balaban J connectivity index is 2.27. The third-order valence-corrected chi connectivity index (χ3v) is 4.47. The van der Waals surface area contributed by atoms with Gasteiger partial charge >= 0.3 is 6.18 Å². The van der Waals surface area contributed by atoms with Gasteiger partial charge in [0.25, 0.3) is 0 Å². The van der Waals surface area contributed by atoms with E-state index >= 15 is 0 Å². The maximum absolute atomic E-state index is 13.2. The summed E-state index contributed by atoms with van der Waals surface area (Å²) in [4.78, 5) is 13.2. The molecule has 0 aromatic heterocycles. The lowest BCUT2D eigenvalue weighted by atomic mass is 9.99. The van der Waals surface area contributed by atoms with Gasteiger partial charge in [-0.25, -0.2) is 8.78 Å². The Hall–Kier alpha value is -1.66. The molecular weight excluding hydrogens is 305 g/mol. The van der Waals surface area contributed by atoms with Crippen LogP contribution in [0.2, 0.25) is 0 Å². The summed E-state index contributed by atoms with van der Waals surface area (Å²) >= 11 is 0. The molecule has 0 spiro atoms. The molecule has 0 heterocycles. The van der Waals surface area contributed by atoms with Crippen LogP contribution < -0.4 is 0 Å². The lowest BCUT2D eigenvalue weighted by molar-refractivity contribution is -0.202. The summed E-state index contributed by atoms with van der Waals surface area (Å²) in [6.07, 6.45) is -4.89. The Labute approximate surface area is 124 Å². The number of benzene rings is 1. The number of nitrogens with zero attached hydrogens (tertiary/aromatic N) is 1. The van der Waals surface area contributed by atoms with Crippen LogP contribution in [0.1, 0.15) is 31.9 Å². The van der Waals surface area contributed by atoms with Crippen molar-refractivity contribution >= 4 is 5.91 Å². The Morgan fingerprint density at radius 2 is 1.73 bits per heavy atom. The molecule has 0 radical (unpaired) electrons. The molecule has 0 saturated heterocycles. The van der Waals surface area contributed by atoms with E-state index in [-0.39, 0.29) is 12.0 Å². The molecule has 1 saturated carbocycles. The fraction of sp³-hybridized carbons (Fsp3) is 0.533. The van der Waals surface area contributed by atoms with Gasteiger partial charge in [0.2, 0.25) is 5.91 Å². The van der Waals surface area contributed by atoms with Crippen molar-refractivity contribution in [1.29, 1.82) is 0 Å². The first kappa shape index (κ1) is 16.7. The monoisotopic (exact) mass is 321 g/mol. The van der Waals surface area contributed by atoms with Gasteiger partial charge < -0.3 is 4.90 Å². The second-order valence-electron chi connectivity index (χ2n) is 5.87. The Morgan fingerprint density at radius 3 is 2.09 bits per heavy atom. The average molecular weight is 321 g/mol. The normalized spacial score (nSPS) is 25.7. The predicted octanol–water partition coefficient (Wildman–Crippen LogP) is 4.07. The van der Waals surface area contributed by atoms with Crippen LogP contribution in [0, 0.1) is 23.0 Å². The van der Waals surface area contributed by atoms with Crippen LogP contribution in [0.4, 0.5) is 22.0 Å². The molecule has 1 aromatic rings. The van der Waals surface area contributed by atoms with Gasteiger partial charge in [-0.3, -0.25) is 4.79 Å². The van der Waals surface area contributed by atoms with E-state index in [9.17, 15) is 26.7 Å². The molecular formula is C15H16F5NO. The maximum atomic E-state index is 13.2. The fourth-order valence-electron chi connectivity index (χ4n) is 2.77. The van der Waals surface area contributed by atoms with Crippen molar-refractivity contribution in [3.8, 4) is 0 Å². The van der Waals surface area contributed by atoms with Crippen LogP contribution in [-0.2, 0) is 4.79 Å². The Bertz CT molecular complexity index is 580. The summed E-state index contributed by atoms with van der Waals surface area (Å²) in [5.41, 5.74) is -2.26. The zero-order chi connectivity index (χ0) is 16.9. The summed E-state index contributed by atoms with van der Waals surface area (Å²) in [7, 11) is 1.22. The largest absolute Gasteiger partial charge is 0.403 e. The quantitative estimate of drug-likeness (QED) is 0.769. The third kappa shape index (κ3) is 2.57. The third-order valence-electron chi connectivity index (χ3n) is 4.47. The van der Waals surface area contributed by atoms with Gasteiger partial charge in [-0.05, 0) is 37.0 Å². The van der Waals surface area contributed by atoms with Crippen LogP contribution in [0.15, 0.2) is 18.2 Å². The Kier molecular flexibility index (Phi) is 3.96. The molecule has 1 aliphatic rings. The molecule has 0 N–H and O–H groups in total. The van der Waals surface area contributed by atoms with Crippen molar-refractivity contribution in [2.24, 2.45) is 11.3 Å². The molecule has 1 amide bonds. The first-order valence-corrected chi connectivity index (χ1v) is 6.80. The SMILES string of the molecule is CC1CC1(C(=O)N(C)[C@H](C)c1cc(F)cc(F)c1)C(F)(F)F. The number of carbonyl (C=O) groups excluding carboxylic acids is 1. The summed E-state index contributed by atoms with van der Waals surface area (Å²) < 4.78 is 66.0. The number of hydrogen-bond acceptors (Lipinski definition) is 1. The molecule has 2 rings (SSSR count). The first-order valence-electron chi connectivity index (χ1n) is 6.80. The molecule has 1 aliphatic carbocycles.